The minimum absolute atomic E-state index is 0.112. The number of aliphatic hydroxyl groups is 2. The normalized spacial score (nSPS) is 13.8. The van der Waals surface area contributed by atoms with Gasteiger partial charge in [-0.05, 0) is 25.8 Å². The van der Waals surface area contributed by atoms with E-state index in [1.807, 2.05) is 0 Å². The number of carbonyl (C=O) groups is 10. The van der Waals surface area contributed by atoms with E-state index < -0.39 is 141 Å². The molecule has 14 N–H and O–H groups in total. The Bertz CT molecular complexity index is 1540. The molecule has 1 rings (SSSR count). The molecule has 0 unspecified atom stereocenters. The fourth-order valence-electron chi connectivity index (χ4n) is 4.39. The van der Waals surface area contributed by atoms with Crippen LogP contribution in [0.15, 0.2) is 30.3 Å². The van der Waals surface area contributed by atoms with Crippen LogP contribution in [0.4, 0.5) is 0 Å². The number of benzene rings is 1. The summed E-state index contributed by atoms with van der Waals surface area (Å²) in [6, 6.07) is -0.131. The highest BCUT2D eigenvalue weighted by molar-refractivity contribution is 5.96. The maximum Gasteiger partial charge on any atom is 0.326 e. The van der Waals surface area contributed by atoms with Crippen molar-refractivity contribution in [2.24, 2.45) is 5.73 Å². The van der Waals surface area contributed by atoms with Crippen LogP contribution >= 0.6 is 0 Å². The quantitative estimate of drug-likeness (QED) is 0.0464. The number of carboxylic acid groups (broad SMARTS) is 2. The zero-order valence-electron chi connectivity index (χ0n) is 30.0. The number of carboxylic acids is 2. The zero-order valence-corrected chi connectivity index (χ0v) is 30.0. The van der Waals surface area contributed by atoms with E-state index in [9.17, 15) is 63.3 Å². The van der Waals surface area contributed by atoms with Crippen molar-refractivity contribution >= 4 is 59.2 Å². The molecule has 0 aliphatic carbocycles. The van der Waals surface area contributed by atoms with E-state index in [4.69, 9.17) is 10.8 Å². The van der Waals surface area contributed by atoms with Gasteiger partial charge in [0.15, 0.2) is 0 Å². The van der Waals surface area contributed by atoms with Gasteiger partial charge in [0.25, 0.3) is 0 Å². The van der Waals surface area contributed by atoms with E-state index in [0.717, 1.165) is 0 Å². The average molecular weight is 782 g/mol. The smallest absolute Gasteiger partial charge is 0.326 e. The van der Waals surface area contributed by atoms with Crippen LogP contribution in [0.1, 0.15) is 32.3 Å². The van der Waals surface area contributed by atoms with Crippen molar-refractivity contribution < 1.29 is 68.4 Å². The molecule has 1 aromatic rings. The first-order chi connectivity index (χ1) is 25.9. The molecule has 0 saturated heterocycles. The monoisotopic (exact) mass is 781 g/mol. The van der Waals surface area contributed by atoms with Gasteiger partial charge >= 0.3 is 11.9 Å². The number of nitrogens with one attached hydrogen (secondary N) is 8. The topological polar surface area (TPSA) is 374 Å². The molecule has 0 fully saturated rings. The fraction of sp³-hybridized carbons (Fsp3) is 0.500. The molecule has 0 saturated carbocycles. The van der Waals surface area contributed by atoms with E-state index in [1.54, 1.807) is 30.3 Å². The molecule has 0 aliphatic heterocycles. The van der Waals surface area contributed by atoms with Crippen molar-refractivity contribution in [2.45, 2.75) is 69.4 Å². The Labute approximate surface area is 313 Å². The lowest BCUT2D eigenvalue weighted by atomic mass is 10.0. The number of amides is 8. The first-order valence-corrected chi connectivity index (χ1v) is 16.7. The van der Waals surface area contributed by atoms with Crippen LogP contribution < -0.4 is 48.3 Å². The van der Waals surface area contributed by atoms with Crippen LogP contribution in [0, 0.1) is 0 Å². The largest absolute Gasteiger partial charge is 0.481 e. The van der Waals surface area contributed by atoms with E-state index in [-0.39, 0.29) is 6.42 Å². The number of hydrogen-bond donors (Lipinski definition) is 13. The van der Waals surface area contributed by atoms with E-state index in [0.29, 0.717) is 5.56 Å². The first-order valence-electron chi connectivity index (χ1n) is 16.7. The number of hydrogen-bond acceptors (Lipinski definition) is 13. The predicted octanol–water partition coefficient (Wildman–Crippen LogP) is -6.70. The summed E-state index contributed by atoms with van der Waals surface area (Å²) in [6.45, 7) is -1.24. The van der Waals surface area contributed by atoms with Gasteiger partial charge < -0.3 is 68.7 Å². The molecule has 8 amide bonds. The highest BCUT2D eigenvalue weighted by atomic mass is 16.4. The number of nitrogens with two attached hydrogens (primary N) is 1. The predicted molar refractivity (Wildman–Crippen MR) is 187 cm³/mol. The Hall–Kier alpha value is -6.20. The Morgan fingerprint density at radius 1 is 0.582 bits per heavy atom. The third-order valence-corrected chi connectivity index (χ3v) is 7.40. The summed E-state index contributed by atoms with van der Waals surface area (Å²) in [5, 5.41) is 55.2. The highest BCUT2D eigenvalue weighted by Crippen LogP contribution is 2.06. The summed E-state index contributed by atoms with van der Waals surface area (Å²) in [6.07, 6.45) is -1.12. The molecule has 0 radical (unpaired) electrons. The lowest BCUT2D eigenvalue weighted by Gasteiger charge is -2.22. The van der Waals surface area contributed by atoms with Gasteiger partial charge in [0.2, 0.25) is 47.3 Å². The number of aliphatic hydroxyl groups excluding tert-OH is 2. The molecule has 6 atom stereocenters. The third-order valence-electron chi connectivity index (χ3n) is 7.40. The zero-order chi connectivity index (χ0) is 41.7. The summed E-state index contributed by atoms with van der Waals surface area (Å²) in [7, 11) is 0. The highest BCUT2D eigenvalue weighted by Gasteiger charge is 2.29. The second-order valence-electron chi connectivity index (χ2n) is 11.8. The van der Waals surface area contributed by atoms with Crippen molar-refractivity contribution in [2.75, 3.05) is 32.8 Å². The van der Waals surface area contributed by atoms with Gasteiger partial charge in [-0.2, -0.15) is 0 Å². The van der Waals surface area contributed by atoms with Gasteiger partial charge in [-0.25, -0.2) is 4.79 Å². The molecular weight excluding hydrogens is 734 g/mol. The summed E-state index contributed by atoms with van der Waals surface area (Å²) >= 11 is 0. The van der Waals surface area contributed by atoms with Gasteiger partial charge in [0.1, 0.15) is 36.3 Å². The van der Waals surface area contributed by atoms with Gasteiger partial charge in [-0.1, -0.05) is 30.3 Å². The van der Waals surface area contributed by atoms with Crippen molar-refractivity contribution in [3.05, 3.63) is 35.9 Å². The number of rotatable bonds is 24. The summed E-state index contributed by atoms with van der Waals surface area (Å²) in [4.78, 5) is 122. The van der Waals surface area contributed by atoms with E-state index in [2.05, 4.69) is 42.5 Å². The fourth-order valence-corrected chi connectivity index (χ4v) is 4.39. The first kappa shape index (κ1) is 46.8. The summed E-state index contributed by atoms with van der Waals surface area (Å²) in [5.41, 5.74) is 5.73. The minimum Gasteiger partial charge on any atom is -0.481 e. The van der Waals surface area contributed by atoms with Crippen molar-refractivity contribution in [1.82, 2.24) is 42.5 Å². The van der Waals surface area contributed by atoms with Crippen LogP contribution in [-0.4, -0.2) is 149 Å². The Morgan fingerprint density at radius 3 is 1.58 bits per heavy atom. The summed E-state index contributed by atoms with van der Waals surface area (Å²) in [5.74, 6) is -10.1. The molecule has 0 aromatic heterocycles. The van der Waals surface area contributed by atoms with Crippen LogP contribution in [0.2, 0.25) is 0 Å². The number of aliphatic carboxylic acids is 2. The molecule has 304 valence electrons. The SMILES string of the molecule is C[C@H](NC(=O)[C@H](C)NC(=O)[C@H](CO)NC(=O)CN)C(=O)NCC(=O)N[C@@H](CO)C(=O)NCC(=O)N[C@@H](CCC(=O)O)C(=O)N[C@@H](Cc1ccccc1)C(=O)O. The van der Waals surface area contributed by atoms with Gasteiger partial charge in [0.05, 0.1) is 32.8 Å². The van der Waals surface area contributed by atoms with Gasteiger partial charge in [0, 0.05) is 12.8 Å². The summed E-state index contributed by atoms with van der Waals surface area (Å²) < 4.78 is 0. The Balaban J connectivity index is 2.66. The van der Waals surface area contributed by atoms with Crippen LogP contribution in [0.25, 0.3) is 0 Å². The second kappa shape index (κ2) is 24.2. The standard InChI is InChI=1S/C32H47N9O14/c1-16(36-28(50)17(2)37-31(53)22(15-43)39-23(44)11-33)27(49)34-12-25(46)40-21(14-42)29(51)35-13-24(45)38-19(8-9-26(47)48)30(52)41-20(32(54)55)10-18-6-4-3-5-7-18/h3-7,16-17,19-22,42-43H,8-15,33H2,1-2H3,(H,34,49)(H,35,51)(H,36,50)(H,37,53)(H,38,45)(H,39,44)(H,40,46)(H,41,52)(H,47,48)(H,54,55)/t16-,17-,19-,20-,21-,22-/m0/s1. The van der Waals surface area contributed by atoms with Gasteiger partial charge in [-0.3, -0.25) is 43.2 Å². The van der Waals surface area contributed by atoms with E-state index >= 15 is 0 Å². The molecular formula is C32H47N9O14. The van der Waals surface area contributed by atoms with Crippen LogP contribution in [0.3, 0.4) is 0 Å². The lowest BCUT2D eigenvalue weighted by molar-refractivity contribution is -0.143. The lowest BCUT2D eigenvalue weighted by Crippen LogP contribution is -2.57. The second-order valence-corrected chi connectivity index (χ2v) is 11.8. The van der Waals surface area contributed by atoms with Crippen LogP contribution in [0.5, 0.6) is 0 Å². The van der Waals surface area contributed by atoms with Crippen LogP contribution in [-0.2, 0) is 54.4 Å². The van der Waals surface area contributed by atoms with Crippen molar-refractivity contribution in [3.63, 3.8) is 0 Å². The molecule has 1 aromatic carbocycles. The molecule has 23 heteroatoms. The minimum atomic E-state index is -1.63. The maximum absolute atomic E-state index is 12.9. The van der Waals surface area contributed by atoms with Crippen molar-refractivity contribution in [3.8, 4) is 0 Å². The Morgan fingerprint density at radius 2 is 1.05 bits per heavy atom. The molecule has 0 heterocycles. The molecule has 0 spiro atoms. The average Bonchev–Trinajstić information content (AvgIpc) is 3.15. The van der Waals surface area contributed by atoms with Gasteiger partial charge in [-0.15, -0.1) is 0 Å². The maximum atomic E-state index is 12.9. The van der Waals surface area contributed by atoms with E-state index in [1.165, 1.54) is 13.8 Å². The number of carbonyl (C=O) groups excluding carboxylic acids is 8. The Kier molecular flexibility index (Phi) is 20.6. The molecule has 0 bridgehead atoms. The van der Waals surface area contributed by atoms with Crippen molar-refractivity contribution in [1.29, 1.82) is 0 Å². The molecule has 55 heavy (non-hydrogen) atoms. The third kappa shape index (κ3) is 17.9. The molecule has 23 nitrogen and oxygen atoms in total. The molecule has 0 aliphatic rings.